The van der Waals surface area contributed by atoms with Crippen molar-refractivity contribution in [1.82, 2.24) is 0 Å². The number of amides is 1. The van der Waals surface area contributed by atoms with Crippen LogP contribution in [0.4, 0.5) is 11.4 Å². The van der Waals surface area contributed by atoms with Gasteiger partial charge in [-0.2, -0.15) is 0 Å². The molecule has 2 aromatic carbocycles. The van der Waals surface area contributed by atoms with Crippen LogP contribution in [-0.4, -0.2) is 30.5 Å². The summed E-state index contributed by atoms with van der Waals surface area (Å²) in [5.41, 5.74) is 3.86. The third-order valence-electron chi connectivity index (χ3n) is 4.73. The van der Waals surface area contributed by atoms with E-state index >= 15 is 0 Å². The summed E-state index contributed by atoms with van der Waals surface area (Å²) in [4.78, 5) is 37.3. The van der Waals surface area contributed by atoms with Gasteiger partial charge in [0, 0.05) is 29.9 Å². The van der Waals surface area contributed by atoms with Crippen LogP contribution in [0.25, 0.3) is 0 Å². The number of hydrogen-bond donors (Lipinski definition) is 0. The van der Waals surface area contributed by atoms with Crippen molar-refractivity contribution >= 4 is 23.3 Å². The number of aryl methyl sites for hydroxylation is 2. The van der Waals surface area contributed by atoms with Crippen LogP contribution in [0, 0.1) is 24.0 Å². The van der Waals surface area contributed by atoms with Gasteiger partial charge < -0.3 is 9.64 Å². The molecule has 0 saturated heterocycles. The lowest BCUT2D eigenvalue weighted by Gasteiger charge is -2.31. The van der Waals surface area contributed by atoms with Gasteiger partial charge in [0.2, 0.25) is 0 Å². The van der Waals surface area contributed by atoms with Crippen molar-refractivity contribution < 1.29 is 19.2 Å². The molecule has 7 heteroatoms. The lowest BCUT2D eigenvalue weighted by molar-refractivity contribution is -0.384. The first-order valence-corrected chi connectivity index (χ1v) is 8.61. The summed E-state index contributed by atoms with van der Waals surface area (Å²) in [7, 11) is 1.19. The van der Waals surface area contributed by atoms with Crippen LogP contribution in [-0.2, 0) is 11.2 Å². The highest BCUT2D eigenvalue weighted by molar-refractivity contribution is 6.08. The van der Waals surface area contributed by atoms with Crippen molar-refractivity contribution in [3.63, 3.8) is 0 Å². The van der Waals surface area contributed by atoms with Gasteiger partial charge in [-0.05, 0) is 55.5 Å². The fourth-order valence-electron chi connectivity index (χ4n) is 3.52. The molecule has 0 N–H and O–H groups in total. The van der Waals surface area contributed by atoms with Gasteiger partial charge in [-0.1, -0.05) is 6.07 Å². The zero-order valence-electron chi connectivity index (χ0n) is 15.4. The number of ether oxygens (including phenoxy) is 1. The van der Waals surface area contributed by atoms with E-state index in [-0.39, 0.29) is 22.7 Å². The van der Waals surface area contributed by atoms with E-state index in [0.29, 0.717) is 6.54 Å². The maximum atomic E-state index is 13.2. The normalized spacial score (nSPS) is 13.1. The minimum Gasteiger partial charge on any atom is -0.465 e. The van der Waals surface area contributed by atoms with Crippen LogP contribution < -0.4 is 4.90 Å². The highest BCUT2D eigenvalue weighted by atomic mass is 16.6. The minimum absolute atomic E-state index is 0.0206. The number of nitro benzene ring substituents is 1. The van der Waals surface area contributed by atoms with Crippen LogP contribution >= 0.6 is 0 Å². The van der Waals surface area contributed by atoms with E-state index < -0.39 is 10.9 Å². The number of esters is 1. The number of nitrogens with zero attached hydrogens (tertiary/aromatic N) is 2. The van der Waals surface area contributed by atoms with Crippen molar-refractivity contribution in [2.24, 2.45) is 0 Å². The van der Waals surface area contributed by atoms with E-state index in [2.05, 4.69) is 10.8 Å². The molecule has 0 aliphatic carbocycles. The Morgan fingerprint density at radius 2 is 1.81 bits per heavy atom. The second-order valence-corrected chi connectivity index (χ2v) is 6.66. The zero-order chi connectivity index (χ0) is 19.7. The molecule has 0 fully saturated rings. The average Bonchev–Trinajstić information content (AvgIpc) is 2.65. The second-order valence-electron chi connectivity index (χ2n) is 6.66. The zero-order valence-corrected chi connectivity index (χ0v) is 15.4. The van der Waals surface area contributed by atoms with Crippen molar-refractivity contribution in [1.29, 1.82) is 0 Å². The Bertz CT molecular complexity index is 952. The summed E-state index contributed by atoms with van der Waals surface area (Å²) >= 11 is 0. The largest absolute Gasteiger partial charge is 0.465 e. The maximum Gasteiger partial charge on any atom is 0.338 e. The molecule has 27 heavy (non-hydrogen) atoms. The van der Waals surface area contributed by atoms with Crippen molar-refractivity contribution in [2.75, 3.05) is 18.6 Å². The van der Waals surface area contributed by atoms with E-state index in [1.165, 1.54) is 19.2 Å². The molecule has 0 unspecified atom stereocenters. The Balaban J connectivity index is 2.09. The summed E-state index contributed by atoms with van der Waals surface area (Å²) in [6, 6.07) is 7.69. The topological polar surface area (TPSA) is 89.8 Å². The molecular formula is C20H20N2O5. The summed E-state index contributed by atoms with van der Waals surface area (Å²) in [6.07, 6.45) is 1.69. The molecule has 2 aromatic rings. The predicted octanol–water partition coefficient (Wildman–Crippen LogP) is 3.59. The van der Waals surface area contributed by atoms with Crippen LogP contribution in [0.5, 0.6) is 0 Å². The first kappa shape index (κ1) is 18.6. The first-order chi connectivity index (χ1) is 12.8. The van der Waals surface area contributed by atoms with Crippen LogP contribution in [0.2, 0.25) is 0 Å². The Kier molecular flexibility index (Phi) is 4.94. The number of anilines is 1. The number of methoxy groups -OCH3 is 1. The van der Waals surface area contributed by atoms with Gasteiger partial charge in [-0.25, -0.2) is 4.79 Å². The van der Waals surface area contributed by atoms with Crippen molar-refractivity contribution in [2.45, 2.75) is 26.7 Å². The van der Waals surface area contributed by atoms with Gasteiger partial charge in [0.05, 0.1) is 17.6 Å². The Morgan fingerprint density at radius 3 is 2.48 bits per heavy atom. The fourth-order valence-corrected chi connectivity index (χ4v) is 3.52. The van der Waals surface area contributed by atoms with Crippen molar-refractivity contribution in [3.05, 3.63) is 68.3 Å². The summed E-state index contributed by atoms with van der Waals surface area (Å²) in [6.45, 7) is 4.50. The number of benzene rings is 2. The molecule has 1 aliphatic rings. The third-order valence-corrected chi connectivity index (χ3v) is 4.73. The lowest BCUT2D eigenvalue weighted by Crippen LogP contribution is -2.36. The van der Waals surface area contributed by atoms with Gasteiger partial charge in [-0.3, -0.25) is 14.9 Å². The molecular weight excluding hydrogens is 348 g/mol. The molecule has 1 heterocycles. The van der Waals surface area contributed by atoms with Crippen molar-refractivity contribution in [3.8, 4) is 0 Å². The SMILES string of the molecule is COC(=O)c1cc(C(=O)N2CCCc3c(C)cc(C)cc32)cc([N+](=O)[O-])c1. The molecule has 0 bridgehead atoms. The average molecular weight is 368 g/mol. The maximum absolute atomic E-state index is 13.2. The van der Waals surface area contributed by atoms with E-state index in [0.717, 1.165) is 41.3 Å². The van der Waals surface area contributed by atoms with Crippen LogP contribution in [0.3, 0.4) is 0 Å². The van der Waals surface area contributed by atoms with Gasteiger partial charge in [0.25, 0.3) is 11.6 Å². The Hall–Kier alpha value is -3.22. The van der Waals surface area contributed by atoms with Gasteiger partial charge in [0.15, 0.2) is 0 Å². The number of carbonyl (C=O) groups is 2. The summed E-state index contributed by atoms with van der Waals surface area (Å²) < 4.78 is 4.65. The molecule has 7 nitrogen and oxygen atoms in total. The lowest BCUT2D eigenvalue weighted by atomic mass is 9.94. The van der Waals surface area contributed by atoms with Gasteiger partial charge in [-0.15, -0.1) is 0 Å². The Morgan fingerprint density at radius 1 is 1.11 bits per heavy atom. The number of hydrogen-bond acceptors (Lipinski definition) is 5. The molecule has 0 radical (unpaired) electrons. The minimum atomic E-state index is -0.724. The number of carbonyl (C=O) groups excluding carboxylic acids is 2. The van der Waals surface area contributed by atoms with E-state index in [1.807, 2.05) is 19.9 Å². The third kappa shape index (κ3) is 3.53. The molecule has 1 aliphatic heterocycles. The molecule has 0 aromatic heterocycles. The smallest absolute Gasteiger partial charge is 0.338 e. The number of nitro groups is 1. The number of fused-ring (bicyclic) bond motifs is 1. The molecule has 3 rings (SSSR count). The van der Waals surface area contributed by atoms with E-state index in [4.69, 9.17) is 0 Å². The predicted molar refractivity (Wildman–Crippen MR) is 100 cm³/mol. The molecule has 1 amide bonds. The molecule has 140 valence electrons. The molecule has 0 saturated carbocycles. The monoisotopic (exact) mass is 368 g/mol. The Labute approximate surface area is 156 Å². The summed E-state index contributed by atoms with van der Waals surface area (Å²) in [5.74, 6) is -1.09. The first-order valence-electron chi connectivity index (χ1n) is 8.61. The highest BCUT2D eigenvalue weighted by Gasteiger charge is 2.27. The van der Waals surface area contributed by atoms with E-state index in [1.54, 1.807) is 4.90 Å². The quantitative estimate of drug-likeness (QED) is 0.469. The van der Waals surface area contributed by atoms with Crippen LogP contribution in [0.15, 0.2) is 30.3 Å². The summed E-state index contributed by atoms with van der Waals surface area (Å²) in [5, 5.41) is 11.2. The van der Waals surface area contributed by atoms with Crippen LogP contribution in [0.1, 0.15) is 43.8 Å². The van der Waals surface area contributed by atoms with E-state index in [9.17, 15) is 19.7 Å². The van der Waals surface area contributed by atoms with Gasteiger partial charge >= 0.3 is 5.97 Å². The highest BCUT2D eigenvalue weighted by Crippen LogP contribution is 2.32. The molecule has 0 atom stereocenters. The fraction of sp³-hybridized carbons (Fsp3) is 0.300. The number of non-ortho nitro benzene ring substituents is 1. The number of rotatable bonds is 3. The molecule has 0 spiro atoms. The standard InChI is InChI=1S/C20H20N2O5/c1-12-7-13(2)17-5-4-6-21(18(17)8-12)19(23)14-9-15(20(24)27-3)11-16(10-14)22(25)26/h7-11H,4-6H2,1-3H3. The second kappa shape index (κ2) is 7.19. The van der Waals surface area contributed by atoms with Gasteiger partial charge in [0.1, 0.15) is 0 Å².